The highest BCUT2D eigenvalue weighted by Crippen LogP contribution is 2.38. The molecule has 1 aromatic rings. The zero-order valence-electron chi connectivity index (χ0n) is 14.0. The highest BCUT2D eigenvalue weighted by atomic mass is 19.1. The summed E-state index contributed by atoms with van der Waals surface area (Å²) in [6.45, 7) is 1.51. The number of benzene rings is 1. The minimum atomic E-state index is -0.662. The molecule has 1 amide bonds. The first kappa shape index (κ1) is 16.0. The lowest BCUT2D eigenvalue weighted by Gasteiger charge is -2.45. The number of fused-ring (bicyclic) bond motifs is 3. The number of halogens is 1. The minimum absolute atomic E-state index is 0.179. The van der Waals surface area contributed by atoms with Crippen molar-refractivity contribution in [3.8, 4) is 0 Å². The smallest absolute Gasteiger partial charge is 0.274 e. The zero-order chi connectivity index (χ0) is 16.8. The van der Waals surface area contributed by atoms with Gasteiger partial charge in [-0.25, -0.2) is 9.87 Å². The lowest BCUT2D eigenvalue weighted by atomic mass is 9.91. The van der Waals surface area contributed by atoms with Crippen LogP contribution in [0.5, 0.6) is 0 Å². The Morgan fingerprint density at radius 1 is 1.25 bits per heavy atom. The Hall–Kier alpha value is -1.50. The summed E-state index contributed by atoms with van der Waals surface area (Å²) in [6.07, 6.45) is 5.71. The van der Waals surface area contributed by atoms with Gasteiger partial charge < -0.3 is 0 Å². The number of piperidine rings is 1. The first-order valence-electron chi connectivity index (χ1n) is 8.80. The van der Waals surface area contributed by atoms with Gasteiger partial charge in [-0.15, -0.1) is 0 Å². The summed E-state index contributed by atoms with van der Waals surface area (Å²) in [5, 5.41) is 8.75. The van der Waals surface area contributed by atoms with E-state index in [9.17, 15) is 9.18 Å². The van der Waals surface area contributed by atoms with Gasteiger partial charge >= 0.3 is 0 Å². The van der Waals surface area contributed by atoms with Gasteiger partial charge in [0.1, 0.15) is 5.82 Å². The Morgan fingerprint density at radius 3 is 2.75 bits per heavy atom. The van der Waals surface area contributed by atoms with Crippen molar-refractivity contribution in [1.82, 2.24) is 15.3 Å². The van der Waals surface area contributed by atoms with Crippen molar-refractivity contribution in [2.75, 3.05) is 13.6 Å². The fourth-order valence-electron chi connectivity index (χ4n) is 4.95. The van der Waals surface area contributed by atoms with Crippen molar-refractivity contribution >= 4 is 5.91 Å². The van der Waals surface area contributed by atoms with E-state index >= 15 is 0 Å². The second-order valence-electron chi connectivity index (χ2n) is 7.37. The molecule has 2 N–H and O–H groups in total. The molecule has 5 nitrogen and oxygen atoms in total. The summed E-state index contributed by atoms with van der Waals surface area (Å²) in [6, 6.07) is 4.76. The van der Waals surface area contributed by atoms with Crippen molar-refractivity contribution in [2.45, 2.75) is 56.8 Å². The topological polar surface area (TPSA) is 55.8 Å². The summed E-state index contributed by atoms with van der Waals surface area (Å²) in [5.41, 5.74) is 3.35. The van der Waals surface area contributed by atoms with Gasteiger partial charge in [0.2, 0.25) is 0 Å². The molecule has 4 rings (SSSR count). The van der Waals surface area contributed by atoms with Crippen LogP contribution in [-0.4, -0.2) is 52.6 Å². The van der Waals surface area contributed by atoms with Gasteiger partial charge in [0.15, 0.2) is 0 Å². The molecule has 0 saturated carbocycles. The molecule has 3 aliphatic rings. The average Bonchev–Trinajstić information content (AvgIpc) is 2.83. The number of carbonyl (C=O) groups is 1. The maximum absolute atomic E-state index is 14.5. The van der Waals surface area contributed by atoms with Gasteiger partial charge in [-0.3, -0.25) is 19.8 Å². The summed E-state index contributed by atoms with van der Waals surface area (Å²) < 4.78 is 14.5. The van der Waals surface area contributed by atoms with Crippen molar-refractivity contribution in [3.05, 3.63) is 34.6 Å². The maximum atomic E-state index is 14.5. The Balaban J connectivity index is 1.57. The molecule has 3 aliphatic heterocycles. The van der Waals surface area contributed by atoms with Crippen molar-refractivity contribution in [3.63, 3.8) is 0 Å². The normalized spacial score (nSPS) is 30.2. The van der Waals surface area contributed by atoms with E-state index in [1.807, 2.05) is 0 Å². The number of rotatable bonds is 2. The van der Waals surface area contributed by atoms with Gasteiger partial charge in [0.05, 0.1) is 0 Å². The zero-order valence-corrected chi connectivity index (χ0v) is 14.0. The average molecular weight is 333 g/mol. The Morgan fingerprint density at radius 2 is 2.00 bits per heavy atom. The number of nitrogens with zero attached hydrogens (tertiary/aromatic N) is 2. The summed E-state index contributed by atoms with van der Waals surface area (Å²) >= 11 is 0. The Bertz CT molecular complexity index is 666. The molecule has 0 radical (unpaired) electrons. The largest absolute Gasteiger partial charge is 0.299 e. The maximum Gasteiger partial charge on any atom is 0.274 e. The molecule has 130 valence electrons. The minimum Gasteiger partial charge on any atom is -0.299 e. The van der Waals surface area contributed by atoms with E-state index in [4.69, 9.17) is 5.21 Å². The van der Waals surface area contributed by atoms with E-state index in [1.165, 1.54) is 31.7 Å². The van der Waals surface area contributed by atoms with Gasteiger partial charge in [-0.2, -0.15) is 0 Å². The number of nitrogens with one attached hydrogen (secondary N) is 1. The van der Waals surface area contributed by atoms with Crippen LogP contribution >= 0.6 is 0 Å². The summed E-state index contributed by atoms with van der Waals surface area (Å²) in [7, 11) is 2.23. The number of amides is 1. The molecule has 2 saturated heterocycles. The standard InChI is InChI=1S/C18H24FN3O2/c1-21-13-2-4-16(21)17(5-3-13)22-7-6-11-8-12(18(23)20-24)9-15(19)14(11)10-22/h8-9,13,16-17,24H,2-7,10H2,1H3,(H,20,23)/t13-,16?,17?/m0/s1. The van der Waals surface area contributed by atoms with E-state index in [1.54, 1.807) is 11.5 Å². The van der Waals surface area contributed by atoms with E-state index in [-0.39, 0.29) is 11.4 Å². The summed E-state index contributed by atoms with van der Waals surface area (Å²) in [5.74, 6) is -1.01. The predicted octanol–water partition coefficient (Wildman–Crippen LogP) is 1.93. The Kier molecular flexibility index (Phi) is 4.06. The van der Waals surface area contributed by atoms with Crippen LogP contribution < -0.4 is 5.48 Å². The molecule has 6 heteroatoms. The number of carbonyl (C=O) groups excluding carboxylic acids is 1. The van der Waals surface area contributed by atoms with Gasteiger partial charge in [-0.05, 0) is 56.8 Å². The molecule has 1 aromatic carbocycles. The van der Waals surface area contributed by atoms with Crippen molar-refractivity contribution in [1.29, 1.82) is 0 Å². The number of likely N-dealkylation sites (N-methyl/N-ethyl adjacent to an activating group) is 1. The molecule has 0 aliphatic carbocycles. The van der Waals surface area contributed by atoms with Crippen LogP contribution in [-0.2, 0) is 13.0 Å². The second kappa shape index (κ2) is 6.10. The van der Waals surface area contributed by atoms with E-state index in [0.717, 1.165) is 24.6 Å². The van der Waals surface area contributed by atoms with Crippen LogP contribution in [0.15, 0.2) is 12.1 Å². The Labute approximate surface area is 141 Å². The molecular formula is C18H24FN3O2. The third-order valence-corrected chi connectivity index (χ3v) is 6.28. The molecule has 3 atom stereocenters. The highest BCUT2D eigenvalue weighted by molar-refractivity contribution is 5.93. The lowest BCUT2D eigenvalue weighted by Crippen LogP contribution is -2.54. The second-order valence-corrected chi connectivity index (χ2v) is 7.37. The lowest BCUT2D eigenvalue weighted by molar-refractivity contribution is 0.0488. The van der Waals surface area contributed by atoms with E-state index in [2.05, 4.69) is 16.8 Å². The van der Waals surface area contributed by atoms with Gasteiger partial charge in [-0.1, -0.05) is 0 Å². The fourth-order valence-corrected chi connectivity index (χ4v) is 4.95. The monoisotopic (exact) mass is 333 g/mol. The van der Waals surface area contributed by atoms with Crippen LogP contribution in [0.4, 0.5) is 4.39 Å². The molecule has 24 heavy (non-hydrogen) atoms. The van der Waals surface area contributed by atoms with Gasteiger partial charge in [0, 0.05) is 42.3 Å². The van der Waals surface area contributed by atoms with Crippen molar-refractivity contribution < 1.29 is 14.4 Å². The highest BCUT2D eigenvalue weighted by Gasteiger charge is 2.43. The van der Waals surface area contributed by atoms with Crippen LogP contribution in [0.3, 0.4) is 0 Å². The van der Waals surface area contributed by atoms with E-state index < -0.39 is 5.91 Å². The third-order valence-electron chi connectivity index (χ3n) is 6.28. The first-order chi connectivity index (χ1) is 11.6. The predicted molar refractivity (Wildman–Crippen MR) is 87.4 cm³/mol. The van der Waals surface area contributed by atoms with Crippen LogP contribution in [0, 0.1) is 5.82 Å². The number of hydrogen-bond donors (Lipinski definition) is 2. The van der Waals surface area contributed by atoms with Crippen LogP contribution in [0.25, 0.3) is 0 Å². The molecule has 0 aromatic heterocycles. The SMILES string of the molecule is CN1C2CC[C@H]1CCC2N1CCc2cc(C(=O)NO)cc(F)c2C1. The van der Waals surface area contributed by atoms with Crippen LogP contribution in [0.1, 0.15) is 47.2 Å². The summed E-state index contributed by atoms with van der Waals surface area (Å²) in [4.78, 5) is 16.5. The van der Waals surface area contributed by atoms with Crippen molar-refractivity contribution in [2.24, 2.45) is 0 Å². The quantitative estimate of drug-likeness (QED) is 0.641. The number of hydroxylamine groups is 1. The van der Waals surface area contributed by atoms with Gasteiger partial charge in [0.25, 0.3) is 5.91 Å². The molecule has 3 heterocycles. The van der Waals surface area contributed by atoms with E-state index in [0.29, 0.717) is 24.2 Å². The molecule has 0 spiro atoms. The third kappa shape index (κ3) is 2.53. The fraction of sp³-hybridized carbons (Fsp3) is 0.611. The van der Waals surface area contributed by atoms with Crippen LogP contribution in [0.2, 0.25) is 0 Å². The number of hydrogen-bond acceptors (Lipinski definition) is 4. The molecule has 2 unspecified atom stereocenters. The first-order valence-corrected chi connectivity index (χ1v) is 8.80. The molecule has 2 bridgehead atoms. The molecule has 2 fully saturated rings. The molecular weight excluding hydrogens is 309 g/mol.